The second kappa shape index (κ2) is 4.58. The van der Waals surface area contributed by atoms with E-state index in [9.17, 15) is 9.59 Å². The molecule has 3 heterocycles. The van der Waals surface area contributed by atoms with E-state index >= 15 is 0 Å². The van der Waals surface area contributed by atoms with Gasteiger partial charge >= 0.3 is 6.03 Å². The maximum atomic E-state index is 12.5. The van der Waals surface area contributed by atoms with E-state index in [0.717, 1.165) is 36.1 Å². The molecule has 2 fully saturated rings. The summed E-state index contributed by atoms with van der Waals surface area (Å²) in [7, 11) is 0. The zero-order valence-electron chi connectivity index (χ0n) is 12.1. The van der Waals surface area contributed by atoms with E-state index in [-0.39, 0.29) is 18.0 Å². The Bertz CT molecular complexity index is 573. The maximum absolute atomic E-state index is 12.5. The lowest BCUT2D eigenvalue weighted by molar-refractivity contribution is -0.120. The summed E-state index contributed by atoms with van der Waals surface area (Å²) in [5, 5.41) is 0. The molecule has 5 nitrogen and oxygen atoms in total. The molecule has 1 aromatic heterocycles. The molecule has 3 amide bonds. The highest BCUT2D eigenvalue weighted by Gasteiger charge is 2.47. The van der Waals surface area contributed by atoms with Gasteiger partial charge in [-0.2, -0.15) is 0 Å². The first-order chi connectivity index (χ1) is 9.50. The van der Waals surface area contributed by atoms with Gasteiger partial charge in [0.05, 0.1) is 0 Å². The number of rotatable bonds is 1. The molecule has 0 N–H and O–H groups in total. The van der Waals surface area contributed by atoms with Crippen molar-refractivity contribution in [1.29, 1.82) is 0 Å². The molecule has 1 unspecified atom stereocenters. The number of pyridine rings is 1. The van der Waals surface area contributed by atoms with Crippen molar-refractivity contribution in [1.82, 2.24) is 9.88 Å². The number of anilines is 1. The number of amides is 3. The van der Waals surface area contributed by atoms with Crippen LogP contribution in [0.15, 0.2) is 6.07 Å². The lowest BCUT2D eigenvalue weighted by Crippen LogP contribution is -2.39. The van der Waals surface area contributed by atoms with Crippen LogP contribution in [0.2, 0.25) is 0 Å². The van der Waals surface area contributed by atoms with E-state index in [0.29, 0.717) is 12.4 Å². The largest absolute Gasteiger partial charge is 0.333 e. The number of aryl methyl sites for hydroxylation is 3. The topological polar surface area (TPSA) is 53.5 Å². The molecule has 106 valence electrons. The molecular weight excluding hydrogens is 254 g/mol. The zero-order valence-corrected chi connectivity index (χ0v) is 12.1. The third-order valence-electron chi connectivity index (χ3n) is 4.29. The number of imide groups is 1. The predicted octanol–water partition coefficient (Wildman–Crippen LogP) is 2.33. The average molecular weight is 273 g/mol. The molecule has 1 aromatic rings. The van der Waals surface area contributed by atoms with Crippen molar-refractivity contribution < 1.29 is 9.59 Å². The number of carbonyl (C=O) groups excluding carboxylic acids is 2. The van der Waals surface area contributed by atoms with Crippen molar-refractivity contribution >= 4 is 17.8 Å². The van der Waals surface area contributed by atoms with E-state index in [1.54, 1.807) is 4.90 Å². The standard InChI is InChI=1S/C15H19N3O2/c1-9-8-10(2)13(16-11(9)3)18-14(19)12-6-4-5-7-17(12)15(18)20/h8,12H,4-7H2,1-3H3. The van der Waals surface area contributed by atoms with Gasteiger partial charge in [0.1, 0.15) is 11.9 Å². The second-order valence-electron chi connectivity index (χ2n) is 5.69. The van der Waals surface area contributed by atoms with E-state index in [2.05, 4.69) is 4.98 Å². The molecule has 0 bridgehead atoms. The third-order valence-corrected chi connectivity index (χ3v) is 4.29. The van der Waals surface area contributed by atoms with Crippen molar-refractivity contribution in [3.8, 4) is 0 Å². The lowest BCUT2D eigenvalue weighted by atomic mass is 10.0. The summed E-state index contributed by atoms with van der Waals surface area (Å²) in [6.07, 6.45) is 2.75. The lowest BCUT2D eigenvalue weighted by Gasteiger charge is -2.25. The first kappa shape index (κ1) is 13.1. The van der Waals surface area contributed by atoms with Gasteiger partial charge in [0.25, 0.3) is 5.91 Å². The molecule has 0 aliphatic carbocycles. The van der Waals surface area contributed by atoms with Crippen LogP contribution in [-0.4, -0.2) is 34.4 Å². The summed E-state index contributed by atoms with van der Waals surface area (Å²) >= 11 is 0. The molecule has 0 radical (unpaired) electrons. The van der Waals surface area contributed by atoms with Crippen molar-refractivity contribution in [2.45, 2.75) is 46.1 Å². The summed E-state index contributed by atoms with van der Waals surface area (Å²) in [6.45, 7) is 6.45. The van der Waals surface area contributed by atoms with Gasteiger partial charge in [0, 0.05) is 12.2 Å². The van der Waals surface area contributed by atoms with Crippen LogP contribution in [0.1, 0.15) is 36.1 Å². The Morgan fingerprint density at radius 2 is 1.90 bits per heavy atom. The van der Waals surface area contributed by atoms with Crippen LogP contribution in [0.3, 0.4) is 0 Å². The highest BCUT2D eigenvalue weighted by Crippen LogP contribution is 2.31. The van der Waals surface area contributed by atoms with Crippen molar-refractivity contribution in [3.05, 3.63) is 22.9 Å². The molecule has 0 aromatic carbocycles. The highest BCUT2D eigenvalue weighted by atomic mass is 16.2. The Kier molecular flexibility index (Phi) is 3.00. The number of hydrogen-bond acceptors (Lipinski definition) is 3. The average Bonchev–Trinajstić information content (AvgIpc) is 2.68. The Morgan fingerprint density at radius 1 is 1.15 bits per heavy atom. The molecule has 5 heteroatoms. The monoisotopic (exact) mass is 273 g/mol. The van der Waals surface area contributed by atoms with E-state index in [4.69, 9.17) is 0 Å². The molecule has 0 saturated carbocycles. The zero-order chi connectivity index (χ0) is 14.4. The third kappa shape index (κ3) is 1.80. The summed E-state index contributed by atoms with van der Waals surface area (Å²) in [4.78, 5) is 32.5. The van der Waals surface area contributed by atoms with Crippen molar-refractivity contribution in [2.24, 2.45) is 0 Å². The summed E-state index contributed by atoms with van der Waals surface area (Å²) in [6, 6.07) is 1.49. The van der Waals surface area contributed by atoms with Crippen LogP contribution in [0, 0.1) is 20.8 Å². The van der Waals surface area contributed by atoms with E-state index in [1.807, 2.05) is 26.8 Å². The number of aromatic nitrogens is 1. The first-order valence-corrected chi connectivity index (χ1v) is 7.10. The Balaban J connectivity index is 2.04. The van der Waals surface area contributed by atoms with Gasteiger partial charge in [-0.15, -0.1) is 0 Å². The summed E-state index contributed by atoms with van der Waals surface area (Å²) < 4.78 is 0. The number of carbonyl (C=O) groups is 2. The first-order valence-electron chi connectivity index (χ1n) is 7.10. The van der Waals surface area contributed by atoms with Gasteiger partial charge in [0.2, 0.25) is 0 Å². The van der Waals surface area contributed by atoms with E-state index < -0.39 is 0 Å². The Hall–Kier alpha value is -1.91. The van der Waals surface area contributed by atoms with Gasteiger partial charge in [-0.1, -0.05) is 6.07 Å². The maximum Gasteiger partial charge on any atom is 0.333 e. The minimum atomic E-state index is -0.279. The fourth-order valence-electron chi connectivity index (χ4n) is 3.04. The number of fused-ring (bicyclic) bond motifs is 1. The number of piperidine rings is 1. The van der Waals surface area contributed by atoms with Gasteiger partial charge < -0.3 is 4.90 Å². The number of nitrogens with zero attached hydrogens (tertiary/aromatic N) is 3. The van der Waals surface area contributed by atoms with Gasteiger partial charge in [-0.05, 0) is 51.2 Å². The van der Waals surface area contributed by atoms with Gasteiger partial charge in [-0.25, -0.2) is 14.7 Å². The molecule has 2 aliphatic rings. The smallest absolute Gasteiger partial charge is 0.312 e. The van der Waals surface area contributed by atoms with Gasteiger partial charge in [0.15, 0.2) is 0 Å². The Labute approximate surface area is 118 Å². The SMILES string of the molecule is Cc1cc(C)c(N2C(=O)C3CCCCN3C2=O)nc1C. The molecule has 2 aliphatic heterocycles. The number of hydrogen-bond donors (Lipinski definition) is 0. The predicted molar refractivity (Wildman–Crippen MR) is 75.7 cm³/mol. The van der Waals surface area contributed by atoms with Crippen LogP contribution >= 0.6 is 0 Å². The fraction of sp³-hybridized carbons (Fsp3) is 0.533. The quantitative estimate of drug-likeness (QED) is 0.738. The normalized spacial score (nSPS) is 22.4. The fourth-order valence-corrected chi connectivity index (χ4v) is 3.04. The molecule has 20 heavy (non-hydrogen) atoms. The molecule has 0 spiro atoms. The minimum Gasteiger partial charge on any atom is -0.312 e. The van der Waals surface area contributed by atoms with Crippen LogP contribution in [0.4, 0.5) is 10.6 Å². The molecular formula is C15H19N3O2. The van der Waals surface area contributed by atoms with Gasteiger partial charge in [-0.3, -0.25) is 4.79 Å². The Morgan fingerprint density at radius 3 is 2.60 bits per heavy atom. The molecule has 2 saturated heterocycles. The van der Waals surface area contributed by atoms with Crippen LogP contribution < -0.4 is 4.90 Å². The van der Waals surface area contributed by atoms with Crippen molar-refractivity contribution in [2.75, 3.05) is 11.4 Å². The summed E-state index contributed by atoms with van der Waals surface area (Å²) in [5.41, 5.74) is 2.80. The highest BCUT2D eigenvalue weighted by molar-refractivity contribution is 6.21. The number of urea groups is 1. The van der Waals surface area contributed by atoms with Crippen LogP contribution in [-0.2, 0) is 4.79 Å². The van der Waals surface area contributed by atoms with E-state index in [1.165, 1.54) is 4.90 Å². The summed E-state index contributed by atoms with van der Waals surface area (Å²) in [5.74, 6) is 0.381. The second-order valence-corrected chi connectivity index (χ2v) is 5.69. The van der Waals surface area contributed by atoms with Crippen LogP contribution in [0.25, 0.3) is 0 Å². The molecule has 3 rings (SSSR count). The minimum absolute atomic E-state index is 0.117. The van der Waals surface area contributed by atoms with Crippen LogP contribution in [0.5, 0.6) is 0 Å². The molecule has 1 atom stereocenters. The van der Waals surface area contributed by atoms with Crippen molar-refractivity contribution in [3.63, 3.8) is 0 Å².